The van der Waals surface area contributed by atoms with Crippen LogP contribution in [-0.2, 0) is 13.0 Å². The minimum absolute atomic E-state index is 0.0307. The van der Waals surface area contributed by atoms with Crippen LogP contribution in [0.3, 0.4) is 0 Å². The molecule has 0 bridgehead atoms. The zero-order valence-electron chi connectivity index (χ0n) is 18.3. The average Bonchev–Trinajstić information content (AvgIpc) is 2.87. The van der Waals surface area contributed by atoms with Crippen LogP contribution in [0.5, 0.6) is 5.75 Å². The van der Waals surface area contributed by atoms with Gasteiger partial charge in [0.1, 0.15) is 5.75 Å². The zero-order chi connectivity index (χ0) is 22.2. The van der Waals surface area contributed by atoms with E-state index in [-0.39, 0.29) is 5.91 Å². The molecule has 0 radical (unpaired) electrons. The fourth-order valence-electron chi connectivity index (χ4n) is 3.86. The second-order valence-corrected chi connectivity index (χ2v) is 7.73. The monoisotopic (exact) mass is 421 g/mol. The van der Waals surface area contributed by atoms with Crippen molar-refractivity contribution in [2.75, 3.05) is 13.7 Å². The van der Waals surface area contributed by atoms with E-state index < -0.39 is 0 Å². The lowest BCUT2D eigenvalue weighted by molar-refractivity contribution is 0.0745. The molecule has 160 valence electrons. The molecule has 0 atom stereocenters. The van der Waals surface area contributed by atoms with Gasteiger partial charge in [0.25, 0.3) is 5.91 Å². The van der Waals surface area contributed by atoms with E-state index in [1.165, 1.54) is 5.56 Å². The number of rotatable bonds is 8. The molecule has 4 rings (SSSR count). The first-order chi connectivity index (χ1) is 15.7. The molecule has 0 aliphatic rings. The van der Waals surface area contributed by atoms with Crippen LogP contribution >= 0.6 is 0 Å². The Morgan fingerprint density at radius 2 is 1.41 bits per heavy atom. The molecule has 0 aromatic heterocycles. The summed E-state index contributed by atoms with van der Waals surface area (Å²) >= 11 is 0. The van der Waals surface area contributed by atoms with Crippen LogP contribution in [0.2, 0.25) is 0 Å². The van der Waals surface area contributed by atoms with Gasteiger partial charge in [0.2, 0.25) is 0 Å². The zero-order valence-corrected chi connectivity index (χ0v) is 18.3. The summed E-state index contributed by atoms with van der Waals surface area (Å²) in [6.07, 6.45) is 0.796. The Labute approximate surface area is 189 Å². The number of methoxy groups -OCH3 is 1. The Kier molecular flexibility index (Phi) is 6.98. The molecule has 3 nitrogen and oxygen atoms in total. The van der Waals surface area contributed by atoms with E-state index in [0.29, 0.717) is 13.1 Å². The van der Waals surface area contributed by atoms with Gasteiger partial charge in [0, 0.05) is 18.7 Å². The average molecular weight is 422 g/mol. The highest BCUT2D eigenvalue weighted by atomic mass is 16.5. The van der Waals surface area contributed by atoms with Crippen molar-refractivity contribution < 1.29 is 9.53 Å². The first kappa shape index (κ1) is 21.4. The second-order valence-electron chi connectivity index (χ2n) is 7.73. The van der Waals surface area contributed by atoms with Crippen LogP contribution in [0, 0.1) is 0 Å². The maximum absolute atomic E-state index is 13.8. The predicted molar refractivity (Wildman–Crippen MR) is 130 cm³/mol. The normalized spacial score (nSPS) is 10.5. The van der Waals surface area contributed by atoms with Crippen LogP contribution in [0.1, 0.15) is 21.5 Å². The minimum Gasteiger partial charge on any atom is -0.497 e. The molecule has 1 amide bonds. The summed E-state index contributed by atoms with van der Waals surface area (Å²) in [5, 5.41) is 0. The van der Waals surface area contributed by atoms with Crippen LogP contribution in [-0.4, -0.2) is 24.5 Å². The van der Waals surface area contributed by atoms with Gasteiger partial charge in [-0.15, -0.1) is 0 Å². The van der Waals surface area contributed by atoms with Crippen molar-refractivity contribution in [3.8, 4) is 16.9 Å². The highest BCUT2D eigenvalue weighted by Crippen LogP contribution is 2.25. The lowest BCUT2D eigenvalue weighted by atomic mass is 9.98. The molecule has 4 aromatic carbocycles. The Morgan fingerprint density at radius 3 is 2.16 bits per heavy atom. The highest BCUT2D eigenvalue weighted by Gasteiger charge is 2.20. The van der Waals surface area contributed by atoms with Gasteiger partial charge in [0.15, 0.2) is 0 Å². The maximum Gasteiger partial charge on any atom is 0.254 e. The quantitative estimate of drug-likeness (QED) is 0.337. The molecular weight excluding hydrogens is 394 g/mol. The van der Waals surface area contributed by atoms with Gasteiger partial charge in [-0.05, 0) is 46.9 Å². The molecule has 0 saturated heterocycles. The van der Waals surface area contributed by atoms with Gasteiger partial charge < -0.3 is 9.64 Å². The van der Waals surface area contributed by atoms with Crippen LogP contribution in [0.25, 0.3) is 11.1 Å². The van der Waals surface area contributed by atoms with Crippen molar-refractivity contribution in [3.05, 3.63) is 126 Å². The molecule has 0 N–H and O–H groups in total. The number of benzene rings is 4. The first-order valence-corrected chi connectivity index (χ1v) is 10.8. The molecule has 0 unspecified atom stereocenters. The molecule has 3 heteroatoms. The number of nitrogens with zero attached hydrogens (tertiary/aromatic N) is 1. The van der Waals surface area contributed by atoms with Crippen molar-refractivity contribution in [1.29, 1.82) is 0 Å². The standard InChI is InChI=1S/C29H27NO2/c1-32-26-16-10-13-24(21-26)22-30(20-19-23-11-4-2-5-12-23)29(31)28-18-9-8-17-27(28)25-14-6-3-7-15-25/h2-18,21H,19-20,22H2,1H3. The van der Waals surface area contributed by atoms with Gasteiger partial charge in [0.05, 0.1) is 7.11 Å². The Balaban J connectivity index is 1.65. The molecule has 4 aromatic rings. The van der Waals surface area contributed by atoms with E-state index in [0.717, 1.165) is 34.4 Å². The lowest BCUT2D eigenvalue weighted by Gasteiger charge is -2.24. The van der Waals surface area contributed by atoms with Crippen molar-refractivity contribution in [2.45, 2.75) is 13.0 Å². The number of carbonyl (C=O) groups excluding carboxylic acids is 1. The van der Waals surface area contributed by atoms with E-state index in [2.05, 4.69) is 12.1 Å². The topological polar surface area (TPSA) is 29.5 Å². The van der Waals surface area contributed by atoms with Gasteiger partial charge in [-0.3, -0.25) is 4.79 Å². The van der Waals surface area contributed by atoms with Crippen molar-refractivity contribution in [3.63, 3.8) is 0 Å². The number of hydrogen-bond acceptors (Lipinski definition) is 2. The number of carbonyl (C=O) groups is 1. The molecular formula is C29H27NO2. The van der Waals surface area contributed by atoms with E-state index in [1.54, 1.807) is 7.11 Å². The molecule has 0 saturated carbocycles. The van der Waals surface area contributed by atoms with Gasteiger partial charge in [-0.1, -0.05) is 91.0 Å². The largest absolute Gasteiger partial charge is 0.497 e. The SMILES string of the molecule is COc1cccc(CN(CCc2ccccc2)C(=O)c2ccccc2-c2ccccc2)c1. The van der Waals surface area contributed by atoms with Gasteiger partial charge in [-0.2, -0.15) is 0 Å². The predicted octanol–water partition coefficient (Wildman–Crippen LogP) is 6.25. The fraction of sp³-hybridized carbons (Fsp3) is 0.138. The molecule has 0 aliphatic heterocycles. The summed E-state index contributed by atoms with van der Waals surface area (Å²) in [4.78, 5) is 15.7. The van der Waals surface area contributed by atoms with Crippen LogP contribution in [0.4, 0.5) is 0 Å². The number of amides is 1. The van der Waals surface area contributed by atoms with E-state index in [9.17, 15) is 4.79 Å². The van der Waals surface area contributed by atoms with Gasteiger partial charge in [-0.25, -0.2) is 0 Å². The van der Waals surface area contributed by atoms with Crippen molar-refractivity contribution >= 4 is 5.91 Å². The third kappa shape index (κ3) is 5.25. The smallest absolute Gasteiger partial charge is 0.254 e. The maximum atomic E-state index is 13.8. The third-order valence-corrected chi connectivity index (χ3v) is 5.55. The Hall–Kier alpha value is -3.85. The summed E-state index contributed by atoms with van der Waals surface area (Å²) in [5.74, 6) is 0.825. The minimum atomic E-state index is 0.0307. The molecule has 0 heterocycles. The lowest BCUT2D eigenvalue weighted by Crippen LogP contribution is -2.33. The summed E-state index contributed by atoms with van der Waals surface area (Å²) in [7, 11) is 1.66. The fourth-order valence-corrected chi connectivity index (χ4v) is 3.86. The summed E-state index contributed by atoms with van der Waals surface area (Å²) < 4.78 is 5.38. The van der Waals surface area contributed by atoms with Gasteiger partial charge >= 0.3 is 0 Å². The second kappa shape index (κ2) is 10.5. The molecule has 0 spiro atoms. The summed E-state index contributed by atoms with van der Waals surface area (Å²) in [6, 6.07) is 36.1. The van der Waals surface area contributed by atoms with Crippen molar-refractivity contribution in [1.82, 2.24) is 4.90 Å². The first-order valence-electron chi connectivity index (χ1n) is 10.8. The Bertz CT molecular complexity index is 1160. The van der Waals surface area contributed by atoms with Crippen molar-refractivity contribution in [2.24, 2.45) is 0 Å². The van der Waals surface area contributed by atoms with Crippen LogP contribution in [0.15, 0.2) is 109 Å². The molecule has 0 fully saturated rings. The van der Waals surface area contributed by atoms with E-state index in [4.69, 9.17) is 4.74 Å². The number of ether oxygens (including phenoxy) is 1. The van der Waals surface area contributed by atoms with E-state index >= 15 is 0 Å². The third-order valence-electron chi connectivity index (χ3n) is 5.55. The molecule has 0 aliphatic carbocycles. The number of hydrogen-bond donors (Lipinski definition) is 0. The Morgan fingerprint density at radius 1 is 0.750 bits per heavy atom. The van der Waals surface area contributed by atoms with Crippen LogP contribution < -0.4 is 4.74 Å². The van der Waals surface area contributed by atoms with E-state index in [1.807, 2.05) is 102 Å². The summed E-state index contributed by atoms with van der Waals surface area (Å²) in [5.41, 5.74) is 4.97. The summed E-state index contributed by atoms with van der Waals surface area (Å²) in [6.45, 7) is 1.15. The highest BCUT2D eigenvalue weighted by molar-refractivity contribution is 6.00. The molecule has 32 heavy (non-hydrogen) atoms.